The SMILES string of the molecule is Cc1ncc2oc(-c3ccc(NC(=O)Nc4ccc(OC(F)(F)F)cc4)cc3)nn12. The maximum atomic E-state index is 12.2. The van der Waals surface area contributed by atoms with Crippen molar-refractivity contribution < 1.29 is 27.1 Å². The fraction of sp³-hybridized carbons (Fsp3) is 0.105. The Labute approximate surface area is 167 Å². The zero-order valence-electron chi connectivity index (χ0n) is 15.4. The van der Waals surface area contributed by atoms with Crippen LogP contribution in [0, 0.1) is 6.92 Å². The summed E-state index contributed by atoms with van der Waals surface area (Å²) in [7, 11) is 0. The smallest absolute Gasteiger partial charge is 0.417 e. The fourth-order valence-corrected chi connectivity index (χ4v) is 2.67. The molecule has 2 aromatic heterocycles. The molecule has 0 radical (unpaired) electrons. The molecule has 0 atom stereocenters. The molecule has 0 bridgehead atoms. The van der Waals surface area contributed by atoms with Crippen LogP contribution in [0.25, 0.3) is 17.2 Å². The molecule has 0 fully saturated rings. The van der Waals surface area contributed by atoms with Gasteiger partial charge in [-0.05, 0) is 55.5 Å². The molecular weight excluding hydrogens is 403 g/mol. The van der Waals surface area contributed by atoms with E-state index in [0.717, 1.165) is 12.1 Å². The van der Waals surface area contributed by atoms with Gasteiger partial charge in [0, 0.05) is 16.9 Å². The molecule has 0 aliphatic carbocycles. The molecule has 0 saturated heterocycles. The van der Waals surface area contributed by atoms with Gasteiger partial charge in [0.1, 0.15) is 11.6 Å². The maximum absolute atomic E-state index is 12.2. The number of aromatic nitrogens is 3. The van der Waals surface area contributed by atoms with E-state index >= 15 is 0 Å². The quantitative estimate of drug-likeness (QED) is 0.496. The number of carbonyl (C=O) groups excluding carboxylic acids is 1. The third-order valence-corrected chi connectivity index (χ3v) is 4.00. The lowest BCUT2D eigenvalue weighted by Gasteiger charge is -2.10. The number of rotatable bonds is 4. The summed E-state index contributed by atoms with van der Waals surface area (Å²) in [5, 5.41) is 9.47. The third kappa shape index (κ3) is 4.35. The molecule has 0 aliphatic rings. The van der Waals surface area contributed by atoms with E-state index < -0.39 is 12.4 Å². The van der Waals surface area contributed by atoms with Crippen LogP contribution in [-0.2, 0) is 0 Å². The molecular formula is C19H14F3N5O3. The highest BCUT2D eigenvalue weighted by molar-refractivity contribution is 5.99. The first kappa shape index (κ1) is 19.3. The number of ether oxygens (including phenoxy) is 1. The largest absolute Gasteiger partial charge is 0.573 e. The summed E-state index contributed by atoms with van der Waals surface area (Å²) in [5.74, 6) is 0.736. The standard InChI is InChI=1S/C19H14F3N5O3/c1-11-23-10-16-27(11)26-17(29-16)12-2-4-13(5-3-12)24-18(28)25-14-6-8-15(9-7-14)30-19(20,21)22/h2-10H,1H3,(H2,24,25,28). The maximum Gasteiger partial charge on any atom is 0.573 e. The first-order valence-electron chi connectivity index (χ1n) is 8.62. The molecule has 2 N–H and O–H groups in total. The number of fused-ring (bicyclic) bond motifs is 1. The first-order chi connectivity index (χ1) is 14.3. The van der Waals surface area contributed by atoms with Gasteiger partial charge in [0.25, 0.3) is 0 Å². The summed E-state index contributed by atoms with van der Waals surface area (Å²) in [5.41, 5.74) is 2.04. The van der Waals surface area contributed by atoms with Gasteiger partial charge in [0.15, 0.2) is 0 Å². The zero-order valence-corrected chi connectivity index (χ0v) is 15.4. The van der Waals surface area contributed by atoms with Crippen molar-refractivity contribution in [3.05, 3.63) is 60.6 Å². The van der Waals surface area contributed by atoms with Crippen LogP contribution in [0.1, 0.15) is 5.82 Å². The topological polar surface area (TPSA) is 93.7 Å². The van der Waals surface area contributed by atoms with Gasteiger partial charge in [-0.15, -0.1) is 18.3 Å². The summed E-state index contributed by atoms with van der Waals surface area (Å²) >= 11 is 0. The summed E-state index contributed by atoms with van der Waals surface area (Å²) in [6.07, 6.45) is -3.19. The third-order valence-electron chi connectivity index (χ3n) is 4.00. The number of urea groups is 1. The number of alkyl halides is 3. The highest BCUT2D eigenvalue weighted by Gasteiger charge is 2.30. The number of nitrogens with one attached hydrogen (secondary N) is 2. The first-order valence-corrected chi connectivity index (χ1v) is 8.62. The predicted octanol–water partition coefficient (Wildman–Crippen LogP) is 4.84. The number of hydrogen-bond acceptors (Lipinski definition) is 5. The number of anilines is 2. The lowest BCUT2D eigenvalue weighted by Crippen LogP contribution is -2.19. The highest BCUT2D eigenvalue weighted by Crippen LogP contribution is 2.25. The van der Waals surface area contributed by atoms with Crippen LogP contribution in [-0.4, -0.2) is 27.0 Å². The van der Waals surface area contributed by atoms with Crippen molar-refractivity contribution in [3.63, 3.8) is 0 Å². The lowest BCUT2D eigenvalue weighted by molar-refractivity contribution is -0.274. The molecule has 4 aromatic rings. The van der Waals surface area contributed by atoms with Gasteiger partial charge in [-0.25, -0.2) is 9.78 Å². The van der Waals surface area contributed by atoms with E-state index in [1.807, 2.05) is 6.92 Å². The normalized spacial score (nSPS) is 11.5. The fourth-order valence-electron chi connectivity index (χ4n) is 2.67. The van der Waals surface area contributed by atoms with E-state index in [4.69, 9.17) is 4.42 Å². The van der Waals surface area contributed by atoms with E-state index in [0.29, 0.717) is 34.4 Å². The van der Waals surface area contributed by atoms with E-state index in [9.17, 15) is 18.0 Å². The minimum atomic E-state index is -4.77. The van der Waals surface area contributed by atoms with Crippen molar-refractivity contribution in [1.82, 2.24) is 14.6 Å². The van der Waals surface area contributed by atoms with Crippen LogP contribution in [0.15, 0.2) is 59.1 Å². The van der Waals surface area contributed by atoms with Crippen LogP contribution < -0.4 is 15.4 Å². The number of halogens is 3. The Balaban J connectivity index is 1.37. The summed E-state index contributed by atoms with van der Waals surface area (Å²) < 4.78 is 47.5. The predicted molar refractivity (Wildman–Crippen MR) is 101 cm³/mol. The Hall–Kier alpha value is -4.02. The summed E-state index contributed by atoms with van der Waals surface area (Å²) in [6.45, 7) is 1.81. The van der Waals surface area contributed by atoms with E-state index in [1.54, 1.807) is 35.0 Å². The van der Waals surface area contributed by atoms with Crippen LogP contribution in [0.3, 0.4) is 0 Å². The minimum Gasteiger partial charge on any atom is -0.417 e. The van der Waals surface area contributed by atoms with Crippen molar-refractivity contribution in [3.8, 4) is 17.2 Å². The summed E-state index contributed by atoms with van der Waals surface area (Å²) in [6, 6.07) is 11.0. The van der Waals surface area contributed by atoms with Crippen LogP contribution in [0.4, 0.5) is 29.3 Å². The average Bonchev–Trinajstić information content (AvgIpc) is 3.25. The number of aryl methyl sites for hydroxylation is 1. The van der Waals surface area contributed by atoms with Gasteiger partial charge in [0.05, 0.1) is 6.20 Å². The number of nitrogens with zero attached hydrogens (tertiary/aromatic N) is 3. The number of amides is 2. The highest BCUT2D eigenvalue weighted by atomic mass is 19.4. The number of imidazole rings is 1. The Morgan fingerprint density at radius 3 is 2.20 bits per heavy atom. The molecule has 154 valence electrons. The molecule has 2 aromatic carbocycles. The van der Waals surface area contributed by atoms with Gasteiger partial charge >= 0.3 is 12.4 Å². The molecule has 0 saturated carbocycles. The van der Waals surface area contributed by atoms with Crippen molar-refractivity contribution in [1.29, 1.82) is 0 Å². The molecule has 0 unspecified atom stereocenters. The Morgan fingerprint density at radius 1 is 1.03 bits per heavy atom. The van der Waals surface area contributed by atoms with Gasteiger partial charge < -0.3 is 19.8 Å². The summed E-state index contributed by atoms with van der Waals surface area (Å²) in [4.78, 5) is 16.2. The second-order valence-corrected chi connectivity index (χ2v) is 6.19. The molecule has 0 spiro atoms. The number of hydrogen-bond donors (Lipinski definition) is 2. The van der Waals surface area contributed by atoms with Crippen molar-refractivity contribution in [2.45, 2.75) is 13.3 Å². The Kier molecular flexibility index (Phi) is 4.78. The van der Waals surface area contributed by atoms with E-state index in [-0.39, 0.29) is 5.75 Å². The van der Waals surface area contributed by atoms with Gasteiger partial charge in [-0.2, -0.15) is 4.52 Å². The molecule has 2 heterocycles. The monoisotopic (exact) mass is 417 g/mol. The minimum absolute atomic E-state index is 0.304. The molecule has 2 amide bonds. The van der Waals surface area contributed by atoms with Crippen LogP contribution in [0.2, 0.25) is 0 Å². The van der Waals surface area contributed by atoms with Crippen molar-refractivity contribution in [2.75, 3.05) is 10.6 Å². The molecule has 4 rings (SSSR count). The van der Waals surface area contributed by atoms with Crippen LogP contribution >= 0.6 is 0 Å². The van der Waals surface area contributed by atoms with Crippen molar-refractivity contribution >= 4 is 23.1 Å². The molecule has 0 aliphatic heterocycles. The van der Waals surface area contributed by atoms with Gasteiger partial charge in [-0.3, -0.25) is 0 Å². The molecule has 11 heteroatoms. The van der Waals surface area contributed by atoms with E-state index in [1.165, 1.54) is 12.1 Å². The molecule has 30 heavy (non-hydrogen) atoms. The second-order valence-electron chi connectivity index (χ2n) is 6.19. The number of carbonyl (C=O) groups is 1. The molecule has 8 nitrogen and oxygen atoms in total. The average molecular weight is 417 g/mol. The lowest BCUT2D eigenvalue weighted by atomic mass is 10.2. The van der Waals surface area contributed by atoms with Crippen LogP contribution in [0.5, 0.6) is 5.75 Å². The van der Waals surface area contributed by atoms with Crippen molar-refractivity contribution in [2.24, 2.45) is 0 Å². The number of benzene rings is 2. The Bertz CT molecular complexity index is 1180. The van der Waals surface area contributed by atoms with E-state index in [2.05, 4.69) is 25.5 Å². The van der Waals surface area contributed by atoms with Gasteiger partial charge in [-0.1, -0.05) is 0 Å². The van der Waals surface area contributed by atoms with Gasteiger partial charge in [0.2, 0.25) is 11.6 Å². The zero-order chi connectivity index (χ0) is 21.3. The second kappa shape index (κ2) is 7.43. The Morgan fingerprint density at radius 2 is 1.63 bits per heavy atom.